The molecule has 1 atom stereocenters. The van der Waals surface area contributed by atoms with Crippen LogP contribution < -0.4 is 5.73 Å². The molecule has 0 saturated carbocycles. The van der Waals surface area contributed by atoms with Crippen LogP contribution >= 0.6 is 0 Å². The van der Waals surface area contributed by atoms with E-state index in [1.807, 2.05) is 14.0 Å². The number of hydrogen-bond donors (Lipinski definition) is 1. The molecule has 3 rings (SSSR count). The zero-order valence-corrected chi connectivity index (χ0v) is 15.9. The van der Waals surface area contributed by atoms with E-state index in [-0.39, 0.29) is 11.5 Å². The minimum absolute atomic E-state index is 0.153. The lowest BCUT2D eigenvalue weighted by atomic mass is 10.1. The van der Waals surface area contributed by atoms with E-state index in [1.54, 1.807) is 29.3 Å². The molecule has 6 nitrogen and oxygen atoms in total. The predicted octanol–water partition coefficient (Wildman–Crippen LogP) is 2.63. The van der Waals surface area contributed by atoms with E-state index in [9.17, 15) is 9.18 Å². The van der Waals surface area contributed by atoms with Crippen molar-refractivity contribution < 1.29 is 9.18 Å². The molecular formula is C20H26FN5O. The van der Waals surface area contributed by atoms with Crippen molar-refractivity contribution in [3.8, 4) is 0 Å². The Morgan fingerprint density at radius 3 is 2.89 bits per heavy atom. The van der Waals surface area contributed by atoms with Crippen LogP contribution in [0, 0.1) is 12.7 Å². The normalized spacial score (nSPS) is 17.8. The molecule has 0 aliphatic carbocycles. The number of nitrogen functional groups attached to an aromatic ring is 1. The molecule has 0 unspecified atom stereocenters. The zero-order chi connectivity index (χ0) is 19.4. The van der Waals surface area contributed by atoms with Crippen molar-refractivity contribution in [3.63, 3.8) is 0 Å². The molecule has 2 aromatic rings. The molecule has 1 saturated heterocycles. The molecule has 1 amide bonds. The number of benzene rings is 1. The molecule has 1 aromatic carbocycles. The smallest absolute Gasteiger partial charge is 0.256 e. The van der Waals surface area contributed by atoms with Crippen LogP contribution in [0.25, 0.3) is 0 Å². The van der Waals surface area contributed by atoms with E-state index in [0.717, 1.165) is 24.8 Å². The van der Waals surface area contributed by atoms with Gasteiger partial charge in [0, 0.05) is 25.3 Å². The Hall–Kier alpha value is -2.54. The van der Waals surface area contributed by atoms with Gasteiger partial charge in [-0.1, -0.05) is 6.07 Å². The number of amides is 1. The highest BCUT2D eigenvalue weighted by Gasteiger charge is 2.25. The summed E-state index contributed by atoms with van der Waals surface area (Å²) in [6.07, 6.45) is 4.35. The molecule has 7 heteroatoms. The molecule has 144 valence electrons. The second-order valence-corrected chi connectivity index (χ2v) is 7.17. The molecule has 0 bridgehead atoms. The van der Waals surface area contributed by atoms with Gasteiger partial charge in [0.2, 0.25) is 0 Å². The maximum Gasteiger partial charge on any atom is 0.256 e. The lowest BCUT2D eigenvalue weighted by Gasteiger charge is -2.26. The van der Waals surface area contributed by atoms with Gasteiger partial charge < -0.3 is 10.6 Å². The second-order valence-electron chi connectivity index (χ2n) is 7.17. The van der Waals surface area contributed by atoms with Gasteiger partial charge >= 0.3 is 0 Å². The van der Waals surface area contributed by atoms with Crippen LogP contribution in [0.15, 0.2) is 30.5 Å². The van der Waals surface area contributed by atoms with E-state index in [4.69, 9.17) is 5.73 Å². The lowest BCUT2D eigenvalue weighted by Crippen LogP contribution is -2.35. The van der Waals surface area contributed by atoms with Crippen LogP contribution in [0.3, 0.4) is 0 Å². The van der Waals surface area contributed by atoms with Crippen molar-refractivity contribution in [3.05, 3.63) is 53.2 Å². The summed E-state index contributed by atoms with van der Waals surface area (Å²) in [5, 5.41) is 0. The Bertz CT molecular complexity index is 813. The fourth-order valence-corrected chi connectivity index (χ4v) is 3.53. The third-order valence-electron chi connectivity index (χ3n) is 5.08. The number of anilines is 1. The summed E-state index contributed by atoms with van der Waals surface area (Å²) in [7, 11) is 2.04. The van der Waals surface area contributed by atoms with Gasteiger partial charge in [0.05, 0.1) is 12.1 Å². The number of likely N-dealkylation sites (tertiary alicyclic amines) is 1. The van der Waals surface area contributed by atoms with Crippen LogP contribution in [0.1, 0.15) is 41.0 Å². The van der Waals surface area contributed by atoms with E-state index < -0.39 is 5.82 Å². The highest BCUT2D eigenvalue weighted by Crippen LogP contribution is 2.20. The number of aryl methyl sites for hydroxylation is 1. The van der Waals surface area contributed by atoms with Crippen LogP contribution in [0.4, 0.5) is 10.2 Å². The highest BCUT2D eigenvalue weighted by atomic mass is 19.1. The van der Waals surface area contributed by atoms with Gasteiger partial charge in [-0.2, -0.15) is 0 Å². The van der Waals surface area contributed by atoms with E-state index >= 15 is 0 Å². The number of halogens is 1. The third-order valence-corrected chi connectivity index (χ3v) is 5.08. The number of carbonyl (C=O) groups is 1. The summed E-state index contributed by atoms with van der Waals surface area (Å²) in [6, 6.07) is 6.75. The lowest BCUT2D eigenvalue weighted by molar-refractivity contribution is 0.0752. The Morgan fingerprint density at radius 1 is 1.33 bits per heavy atom. The standard InChI is InChI=1S/C20H26FN5O/c1-14-5-6-16(17(21)12-14)20(27)26-10-3-4-15(8-11-26)25(2)13-19-23-9-7-18(22)24-19/h5-7,9,12,15H,3-4,8,10-11,13H2,1-2H3,(H2,22,23,24)/t15-/m0/s1. The predicted molar refractivity (Wildman–Crippen MR) is 103 cm³/mol. The maximum atomic E-state index is 14.2. The van der Waals surface area contributed by atoms with Crippen molar-refractivity contribution in [2.24, 2.45) is 0 Å². The average molecular weight is 371 g/mol. The van der Waals surface area contributed by atoms with Gasteiger partial charge in [0.15, 0.2) is 0 Å². The van der Waals surface area contributed by atoms with Gasteiger partial charge in [0.1, 0.15) is 17.5 Å². The van der Waals surface area contributed by atoms with E-state index in [0.29, 0.717) is 37.3 Å². The Labute approximate surface area is 159 Å². The van der Waals surface area contributed by atoms with Gasteiger partial charge in [-0.3, -0.25) is 9.69 Å². The number of rotatable bonds is 4. The largest absolute Gasteiger partial charge is 0.384 e. The fourth-order valence-electron chi connectivity index (χ4n) is 3.53. The zero-order valence-electron chi connectivity index (χ0n) is 15.9. The molecular weight excluding hydrogens is 345 g/mol. The number of aromatic nitrogens is 2. The topological polar surface area (TPSA) is 75.4 Å². The molecule has 1 fully saturated rings. The van der Waals surface area contributed by atoms with Crippen molar-refractivity contribution in [2.75, 3.05) is 25.9 Å². The SMILES string of the molecule is Cc1ccc(C(=O)N2CCC[C@H](N(C)Cc3nccc(N)n3)CC2)c(F)c1. The van der Waals surface area contributed by atoms with Gasteiger partial charge in [0.25, 0.3) is 5.91 Å². The summed E-state index contributed by atoms with van der Waals surface area (Å²) < 4.78 is 14.2. The quantitative estimate of drug-likeness (QED) is 0.894. The molecule has 1 aliphatic rings. The van der Waals surface area contributed by atoms with Crippen LogP contribution in [-0.4, -0.2) is 51.9 Å². The summed E-state index contributed by atoms with van der Waals surface area (Å²) in [6.45, 7) is 3.67. The molecule has 27 heavy (non-hydrogen) atoms. The number of nitrogens with two attached hydrogens (primary N) is 1. The number of hydrogen-bond acceptors (Lipinski definition) is 5. The van der Waals surface area contributed by atoms with Crippen LogP contribution in [0.5, 0.6) is 0 Å². The third kappa shape index (κ3) is 4.80. The molecule has 0 spiro atoms. The van der Waals surface area contributed by atoms with Crippen molar-refractivity contribution in [1.29, 1.82) is 0 Å². The molecule has 0 radical (unpaired) electrons. The van der Waals surface area contributed by atoms with Crippen molar-refractivity contribution in [1.82, 2.24) is 19.8 Å². The first kappa shape index (κ1) is 19.2. The van der Waals surface area contributed by atoms with Crippen molar-refractivity contribution in [2.45, 2.75) is 38.8 Å². The Morgan fingerprint density at radius 2 is 2.15 bits per heavy atom. The van der Waals surface area contributed by atoms with Crippen LogP contribution in [-0.2, 0) is 6.54 Å². The second kappa shape index (κ2) is 8.43. The monoisotopic (exact) mass is 371 g/mol. The Kier molecular flexibility index (Phi) is 6.01. The van der Waals surface area contributed by atoms with E-state index in [1.165, 1.54) is 6.07 Å². The first-order valence-corrected chi connectivity index (χ1v) is 9.27. The minimum atomic E-state index is -0.447. The van der Waals surface area contributed by atoms with Crippen LogP contribution in [0.2, 0.25) is 0 Å². The number of nitrogens with zero attached hydrogens (tertiary/aromatic N) is 4. The fraction of sp³-hybridized carbons (Fsp3) is 0.450. The summed E-state index contributed by atoms with van der Waals surface area (Å²) >= 11 is 0. The highest BCUT2D eigenvalue weighted by molar-refractivity contribution is 5.94. The molecule has 2 N–H and O–H groups in total. The first-order valence-electron chi connectivity index (χ1n) is 9.27. The summed E-state index contributed by atoms with van der Waals surface area (Å²) in [4.78, 5) is 25.2. The molecule has 1 aliphatic heterocycles. The van der Waals surface area contributed by atoms with Crippen molar-refractivity contribution >= 4 is 11.7 Å². The minimum Gasteiger partial charge on any atom is -0.384 e. The van der Waals surface area contributed by atoms with Gasteiger partial charge in [-0.25, -0.2) is 14.4 Å². The summed E-state index contributed by atoms with van der Waals surface area (Å²) in [5.41, 5.74) is 6.69. The van der Waals surface area contributed by atoms with E-state index in [2.05, 4.69) is 14.9 Å². The van der Waals surface area contributed by atoms with Gasteiger partial charge in [-0.05, 0) is 57.0 Å². The first-order chi connectivity index (χ1) is 12.9. The number of carbonyl (C=O) groups excluding carboxylic acids is 1. The summed E-state index contributed by atoms with van der Waals surface area (Å²) in [5.74, 6) is 0.481. The average Bonchev–Trinajstić information content (AvgIpc) is 2.87. The van der Waals surface area contributed by atoms with Gasteiger partial charge in [-0.15, -0.1) is 0 Å². The molecule has 2 heterocycles. The maximum absolute atomic E-state index is 14.2. The molecule has 1 aromatic heterocycles. The Balaban J connectivity index is 1.62.